The molecular formula is C9H17N5O. The van der Waals surface area contributed by atoms with E-state index in [1.807, 2.05) is 0 Å². The molecular weight excluding hydrogens is 194 g/mol. The monoisotopic (exact) mass is 211 g/mol. The molecule has 1 rings (SSSR count). The Bertz CT molecular complexity index is 342. The van der Waals surface area contributed by atoms with Crippen molar-refractivity contribution < 1.29 is 4.74 Å². The van der Waals surface area contributed by atoms with Gasteiger partial charge in [-0.15, -0.1) is 0 Å². The third kappa shape index (κ3) is 2.87. The summed E-state index contributed by atoms with van der Waals surface area (Å²) >= 11 is 0. The van der Waals surface area contributed by atoms with Gasteiger partial charge in [0.25, 0.3) is 0 Å². The smallest absolute Gasteiger partial charge is 0.244 e. The van der Waals surface area contributed by atoms with Crippen LogP contribution >= 0.6 is 0 Å². The SMILES string of the molecule is CCC(C)COc1nc(N)nc(N)c1N. The lowest BCUT2D eigenvalue weighted by Gasteiger charge is -2.12. The number of anilines is 3. The number of hydrogen-bond donors (Lipinski definition) is 3. The van der Waals surface area contributed by atoms with Crippen molar-refractivity contribution in [3.8, 4) is 5.88 Å². The highest BCUT2D eigenvalue weighted by atomic mass is 16.5. The molecule has 6 N–H and O–H groups in total. The molecule has 0 bridgehead atoms. The van der Waals surface area contributed by atoms with Gasteiger partial charge < -0.3 is 21.9 Å². The lowest BCUT2D eigenvalue weighted by Crippen LogP contribution is -2.12. The standard InChI is InChI=1S/C9H17N5O/c1-3-5(2)4-15-8-6(10)7(11)13-9(12)14-8/h5H,3-4,10H2,1-2H3,(H4,11,12,13,14). The van der Waals surface area contributed by atoms with E-state index in [9.17, 15) is 0 Å². The first-order valence-corrected chi connectivity index (χ1v) is 4.85. The van der Waals surface area contributed by atoms with Crippen molar-refractivity contribution in [2.45, 2.75) is 20.3 Å². The van der Waals surface area contributed by atoms with E-state index in [-0.39, 0.29) is 23.3 Å². The van der Waals surface area contributed by atoms with Crippen LogP contribution < -0.4 is 21.9 Å². The highest BCUT2D eigenvalue weighted by molar-refractivity contribution is 5.65. The first-order chi connectivity index (χ1) is 7.04. The Morgan fingerprint density at radius 3 is 2.53 bits per heavy atom. The molecule has 0 aliphatic heterocycles. The van der Waals surface area contributed by atoms with Gasteiger partial charge >= 0.3 is 0 Å². The first kappa shape index (κ1) is 11.4. The first-order valence-electron chi connectivity index (χ1n) is 4.85. The minimum Gasteiger partial charge on any atom is -0.476 e. The molecule has 84 valence electrons. The van der Waals surface area contributed by atoms with Crippen LogP contribution in [-0.2, 0) is 0 Å². The summed E-state index contributed by atoms with van der Waals surface area (Å²) in [6, 6.07) is 0. The quantitative estimate of drug-likeness (QED) is 0.673. The van der Waals surface area contributed by atoms with Gasteiger partial charge in [0.05, 0.1) is 6.61 Å². The molecule has 0 radical (unpaired) electrons. The molecule has 1 aromatic heterocycles. The van der Waals surface area contributed by atoms with Crippen LogP contribution in [0.25, 0.3) is 0 Å². The molecule has 0 saturated carbocycles. The zero-order valence-electron chi connectivity index (χ0n) is 9.03. The van der Waals surface area contributed by atoms with Crippen molar-refractivity contribution in [1.29, 1.82) is 0 Å². The second-order valence-corrected chi connectivity index (χ2v) is 3.51. The van der Waals surface area contributed by atoms with Crippen LogP contribution in [0.3, 0.4) is 0 Å². The van der Waals surface area contributed by atoms with Crippen molar-refractivity contribution in [2.75, 3.05) is 23.8 Å². The fraction of sp³-hybridized carbons (Fsp3) is 0.556. The van der Waals surface area contributed by atoms with Gasteiger partial charge in [0.2, 0.25) is 11.8 Å². The molecule has 1 aromatic rings. The lowest BCUT2D eigenvalue weighted by atomic mass is 10.1. The van der Waals surface area contributed by atoms with E-state index in [0.29, 0.717) is 12.5 Å². The minimum atomic E-state index is 0.0702. The second kappa shape index (κ2) is 4.68. The Balaban J connectivity index is 2.76. The van der Waals surface area contributed by atoms with Gasteiger partial charge in [-0.05, 0) is 5.92 Å². The Kier molecular flexibility index (Phi) is 3.54. The van der Waals surface area contributed by atoms with Gasteiger partial charge in [-0.1, -0.05) is 20.3 Å². The summed E-state index contributed by atoms with van der Waals surface area (Å²) in [6.45, 7) is 4.70. The molecule has 0 spiro atoms. The van der Waals surface area contributed by atoms with E-state index in [1.165, 1.54) is 0 Å². The summed E-state index contributed by atoms with van der Waals surface area (Å²) in [4.78, 5) is 7.60. The van der Waals surface area contributed by atoms with Crippen LogP contribution in [0, 0.1) is 5.92 Å². The molecule has 1 atom stereocenters. The summed E-state index contributed by atoms with van der Waals surface area (Å²) in [6.07, 6.45) is 1.02. The summed E-state index contributed by atoms with van der Waals surface area (Å²) in [7, 11) is 0. The van der Waals surface area contributed by atoms with Gasteiger partial charge in [0.15, 0.2) is 5.82 Å². The lowest BCUT2D eigenvalue weighted by molar-refractivity contribution is 0.249. The van der Waals surface area contributed by atoms with Crippen LogP contribution in [0.4, 0.5) is 17.5 Å². The van der Waals surface area contributed by atoms with Crippen molar-refractivity contribution >= 4 is 17.5 Å². The predicted octanol–water partition coefficient (Wildman–Crippen LogP) is 0.648. The maximum atomic E-state index is 5.65. The van der Waals surface area contributed by atoms with Crippen molar-refractivity contribution in [1.82, 2.24) is 9.97 Å². The average Bonchev–Trinajstić information content (AvgIpc) is 2.20. The molecule has 0 saturated heterocycles. The summed E-state index contributed by atoms with van der Waals surface area (Å²) in [5, 5.41) is 0. The molecule has 15 heavy (non-hydrogen) atoms. The van der Waals surface area contributed by atoms with Crippen LogP contribution in [0.1, 0.15) is 20.3 Å². The van der Waals surface area contributed by atoms with Gasteiger partial charge in [0, 0.05) is 0 Å². The zero-order chi connectivity index (χ0) is 11.4. The molecule has 0 aromatic carbocycles. The number of rotatable bonds is 4. The van der Waals surface area contributed by atoms with Crippen molar-refractivity contribution in [3.05, 3.63) is 0 Å². The Hall–Kier alpha value is -1.72. The van der Waals surface area contributed by atoms with E-state index in [2.05, 4.69) is 23.8 Å². The average molecular weight is 211 g/mol. The fourth-order valence-electron chi connectivity index (χ4n) is 0.932. The third-order valence-electron chi connectivity index (χ3n) is 2.16. The Labute approximate surface area is 88.8 Å². The van der Waals surface area contributed by atoms with E-state index >= 15 is 0 Å². The van der Waals surface area contributed by atoms with E-state index < -0.39 is 0 Å². The minimum absolute atomic E-state index is 0.0702. The molecule has 0 fully saturated rings. The van der Waals surface area contributed by atoms with Crippen molar-refractivity contribution in [3.63, 3.8) is 0 Å². The topological polar surface area (TPSA) is 113 Å². The molecule has 0 amide bonds. The predicted molar refractivity (Wildman–Crippen MR) is 60.2 cm³/mol. The van der Waals surface area contributed by atoms with Crippen molar-refractivity contribution in [2.24, 2.45) is 5.92 Å². The number of hydrogen-bond acceptors (Lipinski definition) is 6. The Morgan fingerprint density at radius 2 is 1.93 bits per heavy atom. The van der Waals surface area contributed by atoms with E-state index in [1.54, 1.807) is 0 Å². The molecule has 1 heterocycles. The maximum absolute atomic E-state index is 5.65. The number of nitrogens with two attached hydrogens (primary N) is 3. The maximum Gasteiger partial charge on any atom is 0.244 e. The van der Waals surface area contributed by atoms with Gasteiger partial charge in [-0.2, -0.15) is 9.97 Å². The fourth-order valence-corrected chi connectivity index (χ4v) is 0.932. The van der Waals surface area contributed by atoms with Crippen LogP contribution in [-0.4, -0.2) is 16.6 Å². The normalized spacial score (nSPS) is 12.4. The summed E-state index contributed by atoms with van der Waals surface area (Å²) < 4.78 is 5.42. The Morgan fingerprint density at radius 1 is 1.27 bits per heavy atom. The van der Waals surface area contributed by atoms with E-state index in [0.717, 1.165) is 6.42 Å². The highest BCUT2D eigenvalue weighted by Crippen LogP contribution is 2.24. The molecule has 6 nitrogen and oxygen atoms in total. The summed E-state index contributed by atoms with van der Waals surface area (Å²) in [5.74, 6) is 0.921. The zero-order valence-corrected chi connectivity index (χ0v) is 9.03. The molecule has 0 aliphatic carbocycles. The van der Waals surface area contributed by atoms with Gasteiger partial charge in [-0.3, -0.25) is 0 Å². The van der Waals surface area contributed by atoms with Crippen LogP contribution in [0.15, 0.2) is 0 Å². The number of aromatic nitrogens is 2. The third-order valence-corrected chi connectivity index (χ3v) is 2.16. The summed E-state index contributed by atoms with van der Waals surface area (Å²) in [5.41, 5.74) is 16.8. The number of ether oxygens (including phenoxy) is 1. The number of nitrogen functional groups attached to an aromatic ring is 3. The molecule has 1 unspecified atom stereocenters. The largest absolute Gasteiger partial charge is 0.476 e. The van der Waals surface area contributed by atoms with Crippen LogP contribution in [0.5, 0.6) is 5.88 Å². The van der Waals surface area contributed by atoms with Gasteiger partial charge in [-0.25, -0.2) is 0 Å². The highest BCUT2D eigenvalue weighted by Gasteiger charge is 2.10. The van der Waals surface area contributed by atoms with Crippen LogP contribution in [0.2, 0.25) is 0 Å². The second-order valence-electron chi connectivity index (χ2n) is 3.51. The molecule has 0 aliphatic rings. The molecule has 6 heteroatoms. The van der Waals surface area contributed by atoms with Gasteiger partial charge in [0.1, 0.15) is 5.69 Å². The number of nitrogens with zero attached hydrogens (tertiary/aromatic N) is 2. The van der Waals surface area contributed by atoms with E-state index in [4.69, 9.17) is 21.9 Å².